The van der Waals surface area contributed by atoms with Crippen molar-refractivity contribution in [3.8, 4) is 5.75 Å². The van der Waals surface area contributed by atoms with E-state index >= 15 is 0 Å². The van der Waals surface area contributed by atoms with E-state index in [2.05, 4.69) is 0 Å². The molecule has 0 N–H and O–H groups in total. The van der Waals surface area contributed by atoms with Gasteiger partial charge < -0.3 is 4.74 Å². The molecule has 3 rings (SSSR count). The van der Waals surface area contributed by atoms with Crippen molar-refractivity contribution in [1.29, 1.82) is 0 Å². The summed E-state index contributed by atoms with van der Waals surface area (Å²) in [5.74, 6) is -3.41. The van der Waals surface area contributed by atoms with Gasteiger partial charge in [0.15, 0.2) is 17.5 Å². The van der Waals surface area contributed by atoms with Crippen LogP contribution in [0.2, 0.25) is 5.02 Å². The predicted octanol–water partition coefficient (Wildman–Crippen LogP) is 2.94. The first kappa shape index (κ1) is 13.5. The highest BCUT2D eigenvalue weighted by Crippen LogP contribution is 2.30. The Labute approximate surface area is 125 Å². The summed E-state index contributed by atoms with van der Waals surface area (Å²) >= 11 is 5.95. The Morgan fingerprint density at radius 2 is 1.67 bits per heavy atom. The van der Waals surface area contributed by atoms with Crippen LogP contribution in [-0.2, 0) is 4.79 Å². The molecule has 5 heteroatoms. The lowest BCUT2D eigenvalue weighted by Gasteiger charge is -2.21. The van der Waals surface area contributed by atoms with Crippen molar-refractivity contribution in [2.45, 2.75) is 0 Å². The number of hydrogen-bond donors (Lipinski definition) is 0. The van der Waals surface area contributed by atoms with Crippen molar-refractivity contribution in [2.75, 3.05) is 0 Å². The van der Waals surface area contributed by atoms with Gasteiger partial charge in [0, 0.05) is 5.56 Å². The average Bonchev–Trinajstić information content (AvgIpc) is 2.47. The molecule has 21 heavy (non-hydrogen) atoms. The number of para-hydroxylation sites is 1. The lowest BCUT2D eigenvalue weighted by atomic mass is 9.88. The molecular formula is C16H9ClO4. The lowest BCUT2D eigenvalue weighted by Crippen LogP contribution is -2.39. The highest BCUT2D eigenvalue weighted by atomic mass is 35.5. The van der Waals surface area contributed by atoms with Gasteiger partial charge in [-0.1, -0.05) is 35.9 Å². The number of hydrogen-bond acceptors (Lipinski definition) is 4. The number of esters is 1. The third-order valence-electron chi connectivity index (χ3n) is 3.26. The number of rotatable bonds is 2. The first-order chi connectivity index (χ1) is 10.1. The van der Waals surface area contributed by atoms with E-state index in [-0.39, 0.29) is 21.9 Å². The summed E-state index contributed by atoms with van der Waals surface area (Å²) < 4.78 is 5.07. The molecule has 0 spiro atoms. The van der Waals surface area contributed by atoms with Gasteiger partial charge in [-0.15, -0.1) is 0 Å². The highest BCUT2D eigenvalue weighted by molar-refractivity contribution is 6.37. The largest absolute Gasteiger partial charge is 0.425 e. The third kappa shape index (κ3) is 2.23. The Bertz CT molecular complexity index is 766. The number of carbonyl (C=O) groups excluding carboxylic acids is 3. The molecule has 0 aliphatic carbocycles. The van der Waals surface area contributed by atoms with Crippen LogP contribution in [0.4, 0.5) is 0 Å². The van der Waals surface area contributed by atoms with E-state index in [9.17, 15) is 14.4 Å². The van der Waals surface area contributed by atoms with Crippen LogP contribution in [0.5, 0.6) is 5.75 Å². The lowest BCUT2D eigenvalue weighted by molar-refractivity contribution is -0.136. The van der Waals surface area contributed by atoms with Crippen LogP contribution < -0.4 is 4.74 Å². The summed E-state index contributed by atoms with van der Waals surface area (Å²) in [4.78, 5) is 36.8. The molecule has 0 aromatic heterocycles. The SMILES string of the molecule is O=C1Oc2ccccc2C(=O)C1C(=O)c1ccccc1Cl. The zero-order valence-corrected chi connectivity index (χ0v) is 11.5. The molecule has 1 aliphatic rings. The molecule has 1 aliphatic heterocycles. The normalized spacial score (nSPS) is 17.1. The molecule has 0 saturated heterocycles. The Kier molecular flexibility index (Phi) is 3.31. The fourth-order valence-electron chi connectivity index (χ4n) is 2.23. The molecule has 1 atom stereocenters. The van der Waals surface area contributed by atoms with Crippen LogP contribution in [0.3, 0.4) is 0 Å². The molecule has 4 nitrogen and oxygen atoms in total. The van der Waals surface area contributed by atoms with Crippen molar-refractivity contribution < 1.29 is 19.1 Å². The van der Waals surface area contributed by atoms with Crippen molar-refractivity contribution in [1.82, 2.24) is 0 Å². The molecule has 2 aromatic rings. The van der Waals surface area contributed by atoms with Crippen LogP contribution >= 0.6 is 11.6 Å². The van der Waals surface area contributed by atoms with Gasteiger partial charge in [0.25, 0.3) is 0 Å². The third-order valence-corrected chi connectivity index (χ3v) is 3.59. The smallest absolute Gasteiger partial charge is 0.330 e. The van der Waals surface area contributed by atoms with Gasteiger partial charge in [0.1, 0.15) is 5.75 Å². The van der Waals surface area contributed by atoms with Crippen LogP contribution in [0, 0.1) is 5.92 Å². The second kappa shape index (κ2) is 5.14. The Hall–Kier alpha value is -2.46. The van der Waals surface area contributed by atoms with Crippen LogP contribution in [0.15, 0.2) is 48.5 Å². The van der Waals surface area contributed by atoms with Gasteiger partial charge in [-0.3, -0.25) is 14.4 Å². The van der Waals surface area contributed by atoms with Gasteiger partial charge in [-0.25, -0.2) is 0 Å². The molecule has 0 fully saturated rings. The molecule has 104 valence electrons. The van der Waals surface area contributed by atoms with E-state index < -0.39 is 23.5 Å². The molecule has 0 saturated carbocycles. The maximum Gasteiger partial charge on any atom is 0.330 e. The molecule has 1 unspecified atom stereocenters. The van der Waals surface area contributed by atoms with Crippen molar-refractivity contribution in [3.63, 3.8) is 0 Å². The van der Waals surface area contributed by atoms with E-state index in [0.717, 1.165) is 0 Å². The minimum absolute atomic E-state index is 0.133. The predicted molar refractivity (Wildman–Crippen MR) is 75.7 cm³/mol. The second-order valence-electron chi connectivity index (χ2n) is 4.56. The average molecular weight is 301 g/mol. The van der Waals surface area contributed by atoms with Gasteiger partial charge in [-0.2, -0.15) is 0 Å². The first-order valence-electron chi connectivity index (χ1n) is 6.23. The number of halogens is 1. The fraction of sp³-hybridized carbons (Fsp3) is 0.0625. The number of fused-ring (bicyclic) bond motifs is 1. The first-order valence-corrected chi connectivity index (χ1v) is 6.61. The van der Waals surface area contributed by atoms with Crippen LogP contribution in [0.1, 0.15) is 20.7 Å². The molecule has 0 radical (unpaired) electrons. The summed E-state index contributed by atoms with van der Waals surface area (Å²) in [7, 11) is 0. The van der Waals surface area contributed by atoms with E-state index in [4.69, 9.17) is 16.3 Å². The standard InChI is InChI=1S/C16H9ClO4/c17-11-7-3-1-5-9(11)14(18)13-15(19)10-6-2-4-8-12(10)21-16(13)20/h1-8,13H. The number of benzene rings is 2. The zero-order chi connectivity index (χ0) is 15.0. The maximum atomic E-state index is 12.4. The molecule has 0 amide bonds. The maximum absolute atomic E-state index is 12.4. The van der Waals surface area contributed by atoms with Gasteiger partial charge in [0.2, 0.25) is 0 Å². The summed E-state index contributed by atoms with van der Waals surface area (Å²) in [5, 5.41) is 0.196. The molecular weight excluding hydrogens is 292 g/mol. The van der Waals surface area contributed by atoms with E-state index in [0.29, 0.717) is 0 Å². The Morgan fingerprint density at radius 1 is 1.00 bits per heavy atom. The van der Waals surface area contributed by atoms with Crippen LogP contribution in [0.25, 0.3) is 0 Å². The molecule has 1 heterocycles. The van der Waals surface area contributed by atoms with Crippen molar-refractivity contribution >= 4 is 29.1 Å². The highest BCUT2D eigenvalue weighted by Gasteiger charge is 2.42. The van der Waals surface area contributed by atoms with Crippen molar-refractivity contribution in [2.24, 2.45) is 5.92 Å². The zero-order valence-electron chi connectivity index (χ0n) is 10.7. The number of ether oxygens (including phenoxy) is 1. The summed E-state index contributed by atoms with van der Waals surface area (Å²) in [5.41, 5.74) is 0.358. The fourth-order valence-corrected chi connectivity index (χ4v) is 2.46. The number of ketones is 2. The van der Waals surface area contributed by atoms with E-state index in [1.54, 1.807) is 24.3 Å². The Balaban J connectivity index is 2.04. The number of carbonyl (C=O) groups is 3. The molecule has 2 aromatic carbocycles. The second-order valence-corrected chi connectivity index (χ2v) is 4.97. The summed E-state index contributed by atoms with van der Waals surface area (Å²) in [6.45, 7) is 0. The summed E-state index contributed by atoms with van der Waals surface area (Å²) in [6, 6.07) is 12.6. The van der Waals surface area contributed by atoms with E-state index in [1.807, 2.05) is 0 Å². The minimum atomic E-state index is -1.50. The van der Waals surface area contributed by atoms with Crippen molar-refractivity contribution in [3.05, 3.63) is 64.7 Å². The quantitative estimate of drug-likeness (QED) is 0.370. The van der Waals surface area contributed by atoms with Gasteiger partial charge in [-0.05, 0) is 24.3 Å². The van der Waals surface area contributed by atoms with Gasteiger partial charge in [0.05, 0.1) is 10.6 Å². The van der Waals surface area contributed by atoms with E-state index in [1.165, 1.54) is 24.3 Å². The summed E-state index contributed by atoms with van der Waals surface area (Å²) in [6.07, 6.45) is 0. The monoisotopic (exact) mass is 300 g/mol. The van der Waals surface area contributed by atoms with Crippen LogP contribution in [-0.4, -0.2) is 17.5 Å². The molecule has 0 bridgehead atoms. The van der Waals surface area contributed by atoms with Gasteiger partial charge >= 0.3 is 5.97 Å². The minimum Gasteiger partial charge on any atom is -0.425 e. The topological polar surface area (TPSA) is 60.4 Å². The Morgan fingerprint density at radius 3 is 2.43 bits per heavy atom. The number of Topliss-reactive ketones (excluding diaryl/α,β-unsaturated/α-hetero) is 2.